The number of carbonyl (C=O) groups excluding carboxylic acids is 1. The van der Waals surface area contributed by atoms with Gasteiger partial charge in [0, 0.05) is 24.1 Å². The van der Waals surface area contributed by atoms with Crippen LogP contribution < -0.4 is 4.57 Å². The molecule has 1 aromatic heterocycles. The van der Waals surface area contributed by atoms with E-state index in [0.29, 0.717) is 6.54 Å². The second-order valence-electron chi connectivity index (χ2n) is 5.79. The van der Waals surface area contributed by atoms with Crippen LogP contribution in [0.25, 0.3) is 11.1 Å². The summed E-state index contributed by atoms with van der Waals surface area (Å²) in [5.74, 6) is 0.130. The van der Waals surface area contributed by atoms with Crippen molar-refractivity contribution in [2.45, 2.75) is 20.4 Å². The number of aryl methyl sites for hydroxylation is 2. The molecule has 0 atom stereocenters. The van der Waals surface area contributed by atoms with Gasteiger partial charge in [-0.2, -0.15) is 4.57 Å². The molecule has 2 aromatic carbocycles. The van der Waals surface area contributed by atoms with Crippen molar-refractivity contribution in [3.05, 3.63) is 89.7 Å². The van der Waals surface area contributed by atoms with E-state index < -0.39 is 0 Å². The third-order valence-corrected chi connectivity index (χ3v) is 4.08. The van der Waals surface area contributed by atoms with Crippen LogP contribution in [0, 0.1) is 13.8 Å². The second kappa shape index (κ2) is 6.57. The molecule has 0 aliphatic heterocycles. The highest BCUT2D eigenvalue weighted by molar-refractivity contribution is 5.95. The van der Waals surface area contributed by atoms with E-state index in [-0.39, 0.29) is 5.78 Å². The Balaban J connectivity index is 1.90. The molecule has 0 N–H and O–H groups in total. The van der Waals surface area contributed by atoms with Gasteiger partial charge in [0.05, 0.1) is 0 Å². The van der Waals surface area contributed by atoms with Crippen LogP contribution in [0.2, 0.25) is 0 Å². The molecule has 3 rings (SSSR count). The fourth-order valence-electron chi connectivity index (χ4n) is 2.78. The number of nitrogens with zero attached hydrogens (tertiary/aromatic N) is 1. The minimum Gasteiger partial charge on any atom is -0.287 e. The summed E-state index contributed by atoms with van der Waals surface area (Å²) in [6, 6.07) is 21.9. The van der Waals surface area contributed by atoms with Crippen LogP contribution >= 0.6 is 0 Å². The summed E-state index contributed by atoms with van der Waals surface area (Å²) in [6.07, 6.45) is 2.07. The van der Waals surface area contributed by atoms with Crippen molar-refractivity contribution in [2.24, 2.45) is 0 Å². The molecule has 0 spiro atoms. The molecule has 0 aliphatic carbocycles. The number of benzene rings is 2. The summed E-state index contributed by atoms with van der Waals surface area (Å²) in [7, 11) is 0. The molecule has 0 aliphatic rings. The van der Waals surface area contributed by atoms with Gasteiger partial charge in [-0.3, -0.25) is 4.79 Å². The van der Waals surface area contributed by atoms with E-state index in [0.717, 1.165) is 11.3 Å². The van der Waals surface area contributed by atoms with Crippen molar-refractivity contribution in [2.75, 3.05) is 0 Å². The van der Waals surface area contributed by atoms with Crippen LogP contribution in [0.3, 0.4) is 0 Å². The quantitative estimate of drug-likeness (QED) is 0.524. The Morgan fingerprint density at radius 2 is 1.52 bits per heavy atom. The number of carbonyl (C=O) groups is 1. The number of pyridine rings is 1. The van der Waals surface area contributed by atoms with Crippen LogP contribution in [0.4, 0.5) is 0 Å². The zero-order valence-corrected chi connectivity index (χ0v) is 13.5. The molecule has 2 nitrogen and oxygen atoms in total. The van der Waals surface area contributed by atoms with Crippen LogP contribution in [0.15, 0.2) is 72.9 Å². The van der Waals surface area contributed by atoms with E-state index in [9.17, 15) is 4.79 Å². The van der Waals surface area contributed by atoms with Gasteiger partial charge in [-0.1, -0.05) is 60.7 Å². The first kappa shape index (κ1) is 15.2. The van der Waals surface area contributed by atoms with E-state index in [2.05, 4.69) is 31.3 Å². The smallest absolute Gasteiger partial charge is 0.227 e. The van der Waals surface area contributed by atoms with Crippen LogP contribution in [-0.4, -0.2) is 5.78 Å². The van der Waals surface area contributed by atoms with Crippen molar-refractivity contribution >= 4 is 5.78 Å². The Kier molecular flexibility index (Phi) is 4.33. The number of Topliss-reactive ketones (excluding diaryl/α,β-unsaturated/α-hetero) is 1. The minimum absolute atomic E-state index is 0.130. The maximum absolute atomic E-state index is 12.4. The van der Waals surface area contributed by atoms with Gasteiger partial charge in [-0.15, -0.1) is 0 Å². The molecule has 0 saturated heterocycles. The summed E-state index contributed by atoms with van der Waals surface area (Å²) >= 11 is 0. The standard InChI is InChI=1S/C21H20NO/c1-16-14-22(15-21(23)19-11-7-4-8-12-19)17(2)13-20(16)18-9-5-3-6-10-18/h3-14H,15H2,1-2H3/q+1. The van der Waals surface area contributed by atoms with E-state index in [4.69, 9.17) is 0 Å². The normalized spacial score (nSPS) is 10.5. The summed E-state index contributed by atoms with van der Waals surface area (Å²) in [5.41, 5.74) is 5.42. The molecule has 114 valence electrons. The topological polar surface area (TPSA) is 20.9 Å². The first-order chi connectivity index (χ1) is 11.1. The molecular weight excluding hydrogens is 282 g/mol. The first-order valence-electron chi connectivity index (χ1n) is 7.79. The number of aromatic nitrogens is 1. The van der Waals surface area contributed by atoms with Gasteiger partial charge in [-0.05, 0) is 18.1 Å². The molecule has 0 saturated carbocycles. The SMILES string of the molecule is Cc1c[n+](CC(=O)c2ccccc2)c(C)cc1-c1ccccc1. The largest absolute Gasteiger partial charge is 0.287 e. The highest BCUT2D eigenvalue weighted by Gasteiger charge is 2.17. The predicted octanol–water partition coefficient (Wildman–Crippen LogP) is 4.14. The van der Waals surface area contributed by atoms with Crippen LogP contribution in [0.1, 0.15) is 21.6 Å². The molecule has 2 heteroatoms. The molecule has 0 bridgehead atoms. The van der Waals surface area contributed by atoms with Crippen molar-refractivity contribution in [1.82, 2.24) is 0 Å². The van der Waals surface area contributed by atoms with Gasteiger partial charge in [0.25, 0.3) is 0 Å². The lowest BCUT2D eigenvalue weighted by atomic mass is 10.0. The lowest BCUT2D eigenvalue weighted by molar-refractivity contribution is -0.689. The van der Waals surface area contributed by atoms with Crippen molar-refractivity contribution in [3.8, 4) is 11.1 Å². The summed E-state index contributed by atoms with van der Waals surface area (Å²) in [6.45, 7) is 4.50. The van der Waals surface area contributed by atoms with E-state index >= 15 is 0 Å². The molecule has 3 aromatic rings. The highest BCUT2D eigenvalue weighted by atomic mass is 16.1. The van der Waals surface area contributed by atoms with Crippen molar-refractivity contribution < 1.29 is 9.36 Å². The van der Waals surface area contributed by atoms with Gasteiger partial charge >= 0.3 is 0 Å². The van der Waals surface area contributed by atoms with Crippen molar-refractivity contribution in [1.29, 1.82) is 0 Å². The molecule has 1 heterocycles. The number of rotatable bonds is 4. The number of ketones is 1. The maximum atomic E-state index is 12.4. The van der Waals surface area contributed by atoms with Crippen LogP contribution in [-0.2, 0) is 6.54 Å². The molecular formula is C21H20NO+. The third-order valence-electron chi connectivity index (χ3n) is 4.08. The van der Waals surface area contributed by atoms with Gasteiger partial charge in [0.2, 0.25) is 12.3 Å². The first-order valence-corrected chi connectivity index (χ1v) is 7.79. The second-order valence-corrected chi connectivity index (χ2v) is 5.79. The fraction of sp³-hybridized carbons (Fsp3) is 0.143. The Hall–Kier alpha value is -2.74. The average molecular weight is 302 g/mol. The summed E-state index contributed by atoms with van der Waals surface area (Å²) in [5, 5.41) is 0. The van der Waals surface area contributed by atoms with E-state index in [1.807, 2.05) is 60.0 Å². The molecule has 23 heavy (non-hydrogen) atoms. The monoisotopic (exact) mass is 302 g/mol. The lowest BCUT2D eigenvalue weighted by Crippen LogP contribution is -2.41. The van der Waals surface area contributed by atoms with Gasteiger partial charge < -0.3 is 0 Å². The van der Waals surface area contributed by atoms with Gasteiger partial charge in [0.15, 0.2) is 11.9 Å². The van der Waals surface area contributed by atoms with Gasteiger partial charge in [0.1, 0.15) is 0 Å². The average Bonchev–Trinajstić information content (AvgIpc) is 2.59. The summed E-state index contributed by atoms with van der Waals surface area (Å²) in [4.78, 5) is 12.4. The molecule has 0 unspecified atom stereocenters. The van der Waals surface area contributed by atoms with Gasteiger partial charge in [-0.25, -0.2) is 0 Å². The van der Waals surface area contributed by atoms with Crippen molar-refractivity contribution in [3.63, 3.8) is 0 Å². The van der Waals surface area contributed by atoms with E-state index in [1.54, 1.807) is 0 Å². The zero-order valence-electron chi connectivity index (χ0n) is 13.5. The maximum Gasteiger partial charge on any atom is 0.227 e. The van der Waals surface area contributed by atoms with E-state index in [1.165, 1.54) is 16.7 Å². The fourth-order valence-corrected chi connectivity index (χ4v) is 2.78. The predicted molar refractivity (Wildman–Crippen MR) is 92.3 cm³/mol. The zero-order chi connectivity index (χ0) is 16.2. The lowest BCUT2D eigenvalue weighted by Gasteiger charge is -2.08. The minimum atomic E-state index is 0.130. The highest BCUT2D eigenvalue weighted by Crippen LogP contribution is 2.22. The Bertz CT molecular complexity index is 823. The number of hydrogen-bond donors (Lipinski definition) is 0. The molecule has 0 fully saturated rings. The Morgan fingerprint density at radius 3 is 2.17 bits per heavy atom. The molecule has 0 radical (unpaired) electrons. The Labute approximate surface area is 137 Å². The summed E-state index contributed by atoms with van der Waals surface area (Å²) < 4.78 is 2.02. The number of hydrogen-bond acceptors (Lipinski definition) is 1. The third kappa shape index (κ3) is 3.37. The molecule has 0 amide bonds. The van der Waals surface area contributed by atoms with Crippen LogP contribution in [0.5, 0.6) is 0 Å². The Morgan fingerprint density at radius 1 is 0.913 bits per heavy atom.